The molecule has 226 valence electrons. The van der Waals surface area contributed by atoms with Gasteiger partial charge in [0.15, 0.2) is 5.82 Å². The molecule has 1 aliphatic carbocycles. The van der Waals surface area contributed by atoms with Crippen LogP contribution in [0.1, 0.15) is 50.2 Å². The lowest BCUT2D eigenvalue weighted by Crippen LogP contribution is -2.62. The molecule has 3 N–H and O–H groups in total. The van der Waals surface area contributed by atoms with Gasteiger partial charge in [-0.15, -0.1) is 0 Å². The molecule has 0 radical (unpaired) electrons. The number of rotatable bonds is 5. The summed E-state index contributed by atoms with van der Waals surface area (Å²) in [5.74, 6) is -2.24. The van der Waals surface area contributed by atoms with Crippen LogP contribution in [0.5, 0.6) is 11.9 Å². The highest BCUT2D eigenvalue weighted by atomic mass is 19.4. The smallest absolute Gasteiger partial charge is 0.417 e. The van der Waals surface area contributed by atoms with Gasteiger partial charge in [-0.05, 0) is 51.2 Å². The van der Waals surface area contributed by atoms with E-state index in [1.165, 1.54) is 0 Å². The van der Waals surface area contributed by atoms with Gasteiger partial charge in [-0.3, -0.25) is 0 Å². The first-order valence-corrected chi connectivity index (χ1v) is 14.2. The average molecular weight is 602 g/mol. The fourth-order valence-electron chi connectivity index (χ4n) is 6.84. The number of hydrogen-bond acceptors (Lipinski definition) is 9. The van der Waals surface area contributed by atoms with Gasteiger partial charge in [0, 0.05) is 36.0 Å². The Labute approximate surface area is 243 Å². The minimum atomic E-state index is -5.05. The third-order valence-corrected chi connectivity index (χ3v) is 9.21. The van der Waals surface area contributed by atoms with Crippen LogP contribution in [0, 0.1) is 35.3 Å². The van der Waals surface area contributed by atoms with Gasteiger partial charge >= 0.3 is 12.2 Å². The Bertz CT molecular complexity index is 1700. The van der Waals surface area contributed by atoms with Crippen molar-refractivity contribution in [3.63, 3.8) is 0 Å². The second-order valence-electron chi connectivity index (χ2n) is 12.1. The van der Waals surface area contributed by atoms with E-state index in [4.69, 9.17) is 15.2 Å². The number of benzene rings is 1. The number of nitriles is 1. The SMILES string of the molecule is Cc1c(F)c(N)cc(-c2nc3c4c(nc(OCC5(CC#N)CC5)nc4c2F)N2C[C@H]4CC[C@H](N4)[C@H]2[C@H](C)O3)c1C(F)(F)F. The summed E-state index contributed by atoms with van der Waals surface area (Å²) in [5.41, 5.74) is 0.847. The number of halogens is 5. The van der Waals surface area contributed by atoms with E-state index in [9.17, 15) is 22.8 Å². The van der Waals surface area contributed by atoms with E-state index in [0.717, 1.165) is 38.7 Å². The highest BCUT2D eigenvalue weighted by Crippen LogP contribution is 2.50. The fraction of sp³-hybridized carbons (Fsp3) is 0.517. The Balaban J connectivity index is 1.47. The van der Waals surface area contributed by atoms with Gasteiger partial charge in [-0.2, -0.15) is 28.4 Å². The molecule has 14 heteroatoms. The summed E-state index contributed by atoms with van der Waals surface area (Å²) in [4.78, 5) is 15.3. The topological polar surface area (TPSA) is 122 Å². The number of pyridine rings is 1. The number of hydrogen-bond donors (Lipinski definition) is 2. The van der Waals surface area contributed by atoms with Gasteiger partial charge in [0.05, 0.1) is 30.0 Å². The number of aromatic nitrogens is 3. The van der Waals surface area contributed by atoms with E-state index in [1.54, 1.807) is 0 Å². The molecule has 2 saturated heterocycles. The maximum absolute atomic E-state index is 16.6. The summed E-state index contributed by atoms with van der Waals surface area (Å²) >= 11 is 0. The van der Waals surface area contributed by atoms with Gasteiger partial charge in [0.2, 0.25) is 5.88 Å². The molecule has 4 aliphatic rings. The lowest BCUT2D eigenvalue weighted by atomic mass is 9.96. The number of ether oxygens (including phenoxy) is 2. The number of nitrogen functional groups attached to an aromatic ring is 1. The van der Waals surface area contributed by atoms with Crippen LogP contribution in [-0.2, 0) is 6.18 Å². The number of alkyl halides is 3. The molecule has 1 aromatic carbocycles. The van der Waals surface area contributed by atoms with E-state index >= 15 is 4.39 Å². The molecule has 5 heterocycles. The minimum absolute atomic E-state index is 0.0310. The maximum Gasteiger partial charge on any atom is 0.417 e. The van der Waals surface area contributed by atoms with Gasteiger partial charge in [0.25, 0.3) is 0 Å². The average Bonchev–Trinajstić information content (AvgIpc) is 3.64. The summed E-state index contributed by atoms with van der Waals surface area (Å²) in [6, 6.07) is 2.67. The van der Waals surface area contributed by atoms with Crippen LogP contribution in [0.15, 0.2) is 6.07 Å². The molecule has 4 atom stereocenters. The van der Waals surface area contributed by atoms with E-state index in [1.807, 2.05) is 11.8 Å². The first-order chi connectivity index (χ1) is 20.4. The van der Waals surface area contributed by atoms with Crippen LogP contribution in [0.4, 0.5) is 33.5 Å². The van der Waals surface area contributed by atoms with Gasteiger partial charge < -0.3 is 25.4 Å². The molecule has 1 saturated carbocycles. The van der Waals surface area contributed by atoms with Crippen LogP contribution in [0.2, 0.25) is 0 Å². The standard InChI is InChI=1S/C29H28F5N7O2/c1-12-19(29(32,33)34)15(9-16(36)20(12)30)22-21(31)23-18-25(40-27(39-23)42-11-28(5-6-28)7-8-35)41-10-14-3-4-17(37-14)24(41)13(2)43-26(18)38-22/h9,13-14,17,24,37H,3-7,10-11,36H2,1-2H3/t13-,14+,17-,24+/m0/s1. The fourth-order valence-corrected chi connectivity index (χ4v) is 6.84. The summed E-state index contributed by atoms with van der Waals surface area (Å²) in [7, 11) is 0. The quantitative estimate of drug-likeness (QED) is 0.306. The zero-order valence-electron chi connectivity index (χ0n) is 23.4. The molecule has 0 spiro atoms. The van der Waals surface area contributed by atoms with Gasteiger partial charge in [-0.25, -0.2) is 13.8 Å². The summed E-state index contributed by atoms with van der Waals surface area (Å²) < 4.78 is 86.3. The molecule has 2 bridgehead atoms. The van der Waals surface area contributed by atoms with E-state index in [-0.39, 0.29) is 59.4 Å². The van der Waals surface area contributed by atoms with E-state index in [0.29, 0.717) is 12.4 Å². The Morgan fingerprint density at radius 1 is 1.21 bits per heavy atom. The second-order valence-corrected chi connectivity index (χ2v) is 12.1. The molecule has 7 rings (SSSR count). The summed E-state index contributed by atoms with van der Waals surface area (Å²) in [6.45, 7) is 3.43. The number of anilines is 2. The first kappa shape index (κ1) is 27.8. The van der Waals surface area contributed by atoms with Crippen molar-refractivity contribution in [3.8, 4) is 29.2 Å². The third kappa shape index (κ3) is 4.39. The van der Waals surface area contributed by atoms with Crippen molar-refractivity contribution in [3.05, 3.63) is 28.8 Å². The molecule has 3 fully saturated rings. The summed E-state index contributed by atoms with van der Waals surface area (Å²) in [6.07, 6.45) is -1.91. The van der Waals surface area contributed by atoms with Crippen molar-refractivity contribution >= 4 is 22.4 Å². The van der Waals surface area contributed by atoms with Crippen LogP contribution in [-0.4, -0.2) is 52.3 Å². The molecule has 2 aromatic heterocycles. The summed E-state index contributed by atoms with van der Waals surface area (Å²) in [5, 5.41) is 12.9. The molecule has 0 unspecified atom stereocenters. The Morgan fingerprint density at radius 3 is 2.67 bits per heavy atom. The van der Waals surface area contributed by atoms with Crippen molar-refractivity contribution in [2.24, 2.45) is 5.41 Å². The van der Waals surface area contributed by atoms with E-state index in [2.05, 4.69) is 26.3 Å². The zero-order valence-corrected chi connectivity index (χ0v) is 23.4. The van der Waals surface area contributed by atoms with Crippen molar-refractivity contribution in [1.29, 1.82) is 5.26 Å². The monoisotopic (exact) mass is 601 g/mol. The molecule has 9 nitrogen and oxygen atoms in total. The second kappa shape index (κ2) is 9.51. The predicted octanol–water partition coefficient (Wildman–Crippen LogP) is 5.04. The molecule has 3 aliphatic heterocycles. The zero-order chi connectivity index (χ0) is 30.4. The predicted molar refractivity (Wildman–Crippen MR) is 145 cm³/mol. The maximum atomic E-state index is 16.6. The Morgan fingerprint density at radius 2 is 1.98 bits per heavy atom. The van der Waals surface area contributed by atoms with Crippen molar-refractivity contribution in [1.82, 2.24) is 20.3 Å². The highest BCUT2D eigenvalue weighted by Gasteiger charge is 2.48. The number of nitrogens with two attached hydrogens (primary N) is 1. The van der Waals surface area contributed by atoms with Crippen LogP contribution in [0.25, 0.3) is 22.2 Å². The minimum Gasteiger partial charge on any atom is -0.472 e. The number of nitrogens with zero attached hydrogens (tertiary/aromatic N) is 5. The largest absolute Gasteiger partial charge is 0.472 e. The van der Waals surface area contributed by atoms with Crippen LogP contribution in [0.3, 0.4) is 0 Å². The van der Waals surface area contributed by atoms with Crippen LogP contribution >= 0.6 is 0 Å². The number of nitrogens with one attached hydrogen (secondary N) is 1. The Kier molecular flexibility index (Phi) is 6.15. The molecular weight excluding hydrogens is 573 g/mol. The lowest BCUT2D eigenvalue weighted by Gasteiger charge is -2.42. The van der Waals surface area contributed by atoms with Crippen molar-refractivity contribution in [2.75, 3.05) is 23.8 Å². The molecule has 3 aromatic rings. The molecular formula is C29H28F5N7O2. The third-order valence-electron chi connectivity index (χ3n) is 9.21. The first-order valence-electron chi connectivity index (χ1n) is 14.2. The van der Waals surface area contributed by atoms with Crippen molar-refractivity contribution < 1.29 is 31.4 Å². The number of piperazine rings is 1. The highest BCUT2D eigenvalue weighted by molar-refractivity contribution is 5.97. The normalized spacial score (nSPS) is 25.1. The molecule has 43 heavy (non-hydrogen) atoms. The van der Waals surface area contributed by atoms with Gasteiger partial charge in [-0.1, -0.05) is 0 Å². The Hall–Kier alpha value is -3.99. The van der Waals surface area contributed by atoms with Gasteiger partial charge in [0.1, 0.15) is 34.3 Å². The lowest BCUT2D eigenvalue weighted by molar-refractivity contribution is -0.137. The van der Waals surface area contributed by atoms with E-state index < -0.39 is 52.0 Å². The van der Waals surface area contributed by atoms with Crippen molar-refractivity contribution in [2.45, 2.75) is 76.4 Å². The van der Waals surface area contributed by atoms with Crippen LogP contribution < -0.4 is 25.4 Å². The number of fused-ring (bicyclic) bond motifs is 5. The molecule has 0 amide bonds.